The number of nitrogens with zero attached hydrogens (tertiary/aromatic N) is 1. The Morgan fingerprint density at radius 3 is 2.63 bits per heavy atom. The van der Waals surface area contributed by atoms with Crippen LogP contribution < -0.4 is 0 Å². The van der Waals surface area contributed by atoms with Gasteiger partial charge in [-0.25, -0.2) is 0 Å². The van der Waals surface area contributed by atoms with E-state index < -0.39 is 0 Å². The number of aryl methyl sites for hydroxylation is 3. The number of pyridine rings is 1. The molecule has 6 rings (SSSR count). The minimum Gasteiger partial charge on any atom is -0.454 e. The molecule has 3 aromatic heterocycles. The summed E-state index contributed by atoms with van der Waals surface area (Å²) in [5.74, 6) is 0.471. The van der Waals surface area contributed by atoms with Crippen LogP contribution in [0.4, 0.5) is 0 Å². The molecule has 3 heteroatoms. The Kier molecular flexibility index (Phi) is 4.04. The van der Waals surface area contributed by atoms with E-state index in [1.807, 2.05) is 17.5 Å². The monoisotopic (exact) mass is 411 g/mol. The average Bonchev–Trinajstić information content (AvgIpc) is 3.32. The largest absolute Gasteiger partial charge is 0.454 e. The van der Waals surface area contributed by atoms with Gasteiger partial charge in [-0.3, -0.25) is 4.98 Å². The molecule has 0 saturated heterocycles. The molecule has 0 fully saturated rings. The fraction of sp³-hybridized carbons (Fsp3) is 0.296. The fourth-order valence-corrected chi connectivity index (χ4v) is 6.46. The maximum absolute atomic E-state index is 6.63. The lowest BCUT2D eigenvalue weighted by molar-refractivity contribution is 0.674. The fourth-order valence-electron chi connectivity index (χ4n) is 5.08. The zero-order chi connectivity index (χ0) is 20.4. The van der Waals surface area contributed by atoms with E-state index >= 15 is 0 Å². The third-order valence-corrected chi connectivity index (χ3v) is 7.94. The molecule has 5 aromatic rings. The second-order valence-electron chi connectivity index (χ2n) is 8.89. The molecular weight excluding hydrogens is 386 g/mol. The van der Waals surface area contributed by atoms with Crippen molar-refractivity contribution in [2.24, 2.45) is 0 Å². The van der Waals surface area contributed by atoms with Gasteiger partial charge in [-0.1, -0.05) is 32.0 Å². The van der Waals surface area contributed by atoms with Gasteiger partial charge >= 0.3 is 0 Å². The molecule has 2 aromatic carbocycles. The van der Waals surface area contributed by atoms with Crippen LogP contribution in [0.2, 0.25) is 0 Å². The average molecular weight is 412 g/mol. The van der Waals surface area contributed by atoms with Gasteiger partial charge in [0.15, 0.2) is 5.58 Å². The molecule has 0 amide bonds. The van der Waals surface area contributed by atoms with Crippen LogP contribution in [-0.4, -0.2) is 4.98 Å². The van der Waals surface area contributed by atoms with Crippen LogP contribution in [0.1, 0.15) is 54.2 Å². The van der Waals surface area contributed by atoms with Gasteiger partial charge < -0.3 is 4.42 Å². The highest BCUT2D eigenvalue weighted by Gasteiger charge is 2.21. The number of hydrogen-bond acceptors (Lipinski definition) is 3. The number of benzene rings is 2. The minimum atomic E-state index is 0.471. The van der Waals surface area contributed by atoms with E-state index in [4.69, 9.17) is 9.40 Å². The molecule has 30 heavy (non-hydrogen) atoms. The Balaban J connectivity index is 1.64. The van der Waals surface area contributed by atoms with Crippen molar-refractivity contribution < 1.29 is 4.42 Å². The van der Waals surface area contributed by atoms with Crippen molar-refractivity contribution in [2.75, 3.05) is 0 Å². The quantitative estimate of drug-likeness (QED) is 0.293. The minimum absolute atomic E-state index is 0.471. The zero-order valence-electron chi connectivity index (χ0n) is 17.7. The molecule has 3 heterocycles. The molecule has 0 spiro atoms. The van der Waals surface area contributed by atoms with Crippen LogP contribution in [0.15, 0.2) is 47.0 Å². The highest BCUT2D eigenvalue weighted by atomic mass is 32.1. The Bertz CT molecular complexity index is 1440. The number of aromatic nitrogens is 1. The van der Waals surface area contributed by atoms with E-state index in [2.05, 4.69) is 57.2 Å². The summed E-state index contributed by atoms with van der Waals surface area (Å²) >= 11 is 1.95. The summed E-state index contributed by atoms with van der Waals surface area (Å²) in [7, 11) is 0. The number of hydrogen-bond donors (Lipinski definition) is 0. The first-order valence-electron chi connectivity index (χ1n) is 11.0. The topological polar surface area (TPSA) is 26.0 Å². The predicted octanol–water partition coefficient (Wildman–Crippen LogP) is 8.17. The number of furan rings is 1. The highest BCUT2D eigenvalue weighted by molar-refractivity contribution is 7.20. The van der Waals surface area contributed by atoms with Crippen molar-refractivity contribution >= 4 is 43.4 Å². The summed E-state index contributed by atoms with van der Waals surface area (Å²) in [6, 6.07) is 13.3. The maximum Gasteiger partial charge on any atom is 0.153 e. The number of para-hydroxylation sites is 1. The normalized spacial score (nSPS) is 14.3. The van der Waals surface area contributed by atoms with E-state index in [-0.39, 0.29) is 0 Å². The molecule has 0 aliphatic heterocycles. The summed E-state index contributed by atoms with van der Waals surface area (Å²) in [5.41, 5.74) is 8.24. The lowest BCUT2D eigenvalue weighted by Crippen LogP contribution is -1.97. The van der Waals surface area contributed by atoms with E-state index in [0.717, 1.165) is 22.4 Å². The van der Waals surface area contributed by atoms with Crippen LogP contribution in [0.5, 0.6) is 0 Å². The van der Waals surface area contributed by atoms with Crippen molar-refractivity contribution in [1.82, 2.24) is 4.98 Å². The maximum atomic E-state index is 6.63. The summed E-state index contributed by atoms with van der Waals surface area (Å²) < 4.78 is 7.95. The van der Waals surface area contributed by atoms with Gasteiger partial charge in [0.05, 0.1) is 10.4 Å². The van der Waals surface area contributed by atoms with Gasteiger partial charge in [0.1, 0.15) is 5.58 Å². The van der Waals surface area contributed by atoms with Crippen molar-refractivity contribution in [3.8, 4) is 11.3 Å². The third kappa shape index (κ3) is 2.58. The number of rotatable bonds is 2. The third-order valence-electron chi connectivity index (χ3n) is 6.63. The molecule has 2 nitrogen and oxygen atoms in total. The zero-order valence-corrected chi connectivity index (χ0v) is 18.5. The number of thiophene rings is 1. The van der Waals surface area contributed by atoms with Gasteiger partial charge in [-0.15, -0.1) is 11.3 Å². The molecule has 0 unspecified atom stereocenters. The van der Waals surface area contributed by atoms with E-state index in [1.54, 1.807) is 10.4 Å². The summed E-state index contributed by atoms with van der Waals surface area (Å²) in [4.78, 5) is 6.33. The summed E-state index contributed by atoms with van der Waals surface area (Å²) in [6.45, 7) is 6.62. The SMILES string of the molecule is Cc1cnc(-c2cccc3c2oc2c3ccc3c4c(sc32)CCCC4)cc1C(C)C. The molecule has 0 N–H and O–H groups in total. The van der Waals surface area contributed by atoms with Gasteiger partial charge in [0.2, 0.25) is 0 Å². The molecular formula is C27H25NOS. The lowest BCUT2D eigenvalue weighted by atomic mass is 9.95. The molecule has 0 bridgehead atoms. The van der Waals surface area contributed by atoms with Gasteiger partial charge in [-0.2, -0.15) is 0 Å². The van der Waals surface area contributed by atoms with Crippen molar-refractivity contribution in [3.05, 3.63) is 64.2 Å². The van der Waals surface area contributed by atoms with Crippen molar-refractivity contribution in [2.45, 2.75) is 52.4 Å². The standard InChI is InChI=1S/C27H25NOS/c1-15(2)22-13-23(28-14-16(22)3)21-9-6-8-18-19-11-12-20-17-7-4-5-10-24(17)30-27(20)26(19)29-25(18)21/h6,8-9,11-15H,4-5,7,10H2,1-3H3. The highest BCUT2D eigenvalue weighted by Crippen LogP contribution is 2.44. The van der Waals surface area contributed by atoms with E-state index in [0.29, 0.717) is 5.92 Å². The van der Waals surface area contributed by atoms with Gasteiger partial charge in [0, 0.05) is 27.4 Å². The molecule has 1 aliphatic carbocycles. The van der Waals surface area contributed by atoms with E-state index in [9.17, 15) is 0 Å². The number of fused-ring (bicyclic) bond motifs is 7. The summed E-state index contributed by atoms with van der Waals surface area (Å²) in [5, 5.41) is 3.80. The first kappa shape index (κ1) is 18.1. The van der Waals surface area contributed by atoms with Crippen molar-refractivity contribution in [3.63, 3.8) is 0 Å². The van der Waals surface area contributed by atoms with Crippen LogP contribution in [0.3, 0.4) is 0 Å². The smallest absolute Gasteiger partial charge is 0.153 e. The molecule has 0 atom stereocenters. The summed E-state index contributed by atoms with van der Waals surface area (Å²) in [6.07, 6.45) is 7.03. The Labute approximate surface area is 180 Å². The Morgan fingerprint density at radius 2 is 1.77 bits per heavy atom. The van der Waals surface area contributed by atoms with Crippen molar-refractivity contribution in [1.29, 1.82) is 0 Å². The Hall–Kier alpha value is -2.65. The van der Waals surface area contributed by atoms with Gasteiger partial charge in [-0.05, 0) is 78.8 Å². The molecule has 1 aliphatic rings. The van der Waals surface area contributed by atoms with Crippen LogP contribution in [-0.2, 0) is 12.8 Å². The molecule has 150 valence electrons. The molecule has 0 saturated carbocycles. The predicted molar refractivity (Wildman–Crippen MR) is 128 cm³/mol. The first-order valence-corrected chi connectivity index (χ1v) is 11.8. The second kappa shape index (κ2) is 6.68. The lowest BCUT2D eigenvalue weighted by Gasteiger charge is -2.11. The van der Waals surface area contributed by atoms with Crippen LogP contribution in [0.25, 0.3) is 43.3 Å². The second-order valence-corrected chi connectivity index (χ2v) is 10.0. The van der Waals surface area contributed by atoms with Gasteiger partial charge in [0.25, 0.3) is 0 Å². The first-order chi connectivity index (χ1) is 14.6. The van der Waals surface area contributed by atoms with Crippen LogP contribution in [0, 0.1) is 6.92 Å². The Morgan fingerprint density at radius 1 is 0.967 bits per heavy atom. The van der Waals surface area contributed by atoms with E-state index in [1.165, 1.54) is 57.7 Å². The molecule has 0 radical (unpaired) electrons. The van der Waals surface area contributed by atoms with Crippen LogP contribution >= 0.6 is 11.3 Å².